The second kappa shape index (κ2) is 22.7. The summed E-state index contributed by atoms with van der Waals surface area (Å²) in [7, 11) is 0.984. The molecule has 0 aromatic rings. The van der Waals surface area contributed by atoms with Crippen LogP contribution in [0.25, 0.3) is 0 Å². The molecule has 0 heterocycles. The van der Waals surface area contributed by atoms with Crippen LogP contribution in [0.1, 0.15) is 13.3 Å². The Morgan fingerprint density at radius 2 is 1.78 bits per heavy atom. The van der Waals surface area contributed by atoms with E-state index in [0.717, 1.165) is 9.52 Å². The summed E-state index contributed by atoms with van der Waals surface area (Å²) in [6.45, 7) is 4.32. The van der Waals surface area contributed by atoms with Crippen LogP contribution >= 0.6 is 0 Å². The molecule has 0 aliphatic rings. The number of allylic oxidation sites excluding steroid dienone is 1. The molecule has 0 aromatic heterocycles. The molecule has 0 saturated heterocycles. The normalized spacial score (nSPS) is 6.89. The first-order valence-corrected chi connectivity index (χ1v) is 3.81. The first-order valence-electron chi connectivity index (χ1n) is 2.24. The van der Waals surface area contributed by atoms with Crippen LogP contribution in [-0.4, -0.2) is 9.52 Å². The molecular weight excluding hydrogens is 250 g/mol. The second-order valence-electron chi connectivity index (χ2n) is 1.10. The number of halogens is 2. The molecule has 0 atom stereocenters. The van der Waals surface area contributed by atoms with Crippen molar-refractivity contribution in [2.24, 2.45) is 0 Å². The smallest absolute Gasteiger partial charge is 1.00 e. The number of rotatable bonds is 2. The van der Waals surface area contributed by atoms with E-state index in [4.69, 9.17) is 0 Å². The molecule has 0 saturated carbocycles. The molecular formula is C5H10Cl2SiZr. The van der Waals surface area contributed by atoms with Gasteiger partial charge in [0.15, 0.2) is 0 Å². The summed E-state index contributed by atoms with van der Waals surface area (Å²) in [6.07, 6.45) is 3.37. The van der Waals surface area contributed by atoms with Crippen LogP contribution in [0.5, 0.6) is 0 Å². The molecule has 0 unspecified atom stereocenters. The summed E-state index contributed by atoms with van der Waals surface area (Å²) in [6, 6.07) is 0. The molecule has 0 aliphatic heterocycles. The summed E-state index contributed by atoms with van der Waals surface area (Å²) in [5.74, 6) is 0. The van der Waals surface area contributed by atoms with Crippen molar-refractivity contribution in [3.63, 3.8) is 0 Å². The molecule has 0 amide bonds. The first kappa shape index (κ1) is 22.4. The topological polar surface area (TPSA) is 0 Å². The van der Waals surface area contributed by atoms with E-state index in [-0.39, 0.29) is 51.0 Å². The Balaban J connectivity index is -0.0000000417. The molecule has 0 fully saturated rings. The van der Waals surface area contributed by atoms with Crippen LogP contribution in [0.3, 0.4) is 0 Å². The Hall–Kier alpha value is 1.42. The van der Waals surface area contributed by atoms with Crippen molar-refractivity contribution in [1.29, 1.82) is 0 Å². The van der Waals surface area contributed by atoms with Crippen LogP contribution in [0.15, 0.2) is 11.8 Å². The Kier molecular flexibility index (Phi) is 56.7. The third-order valence-electron chi connectivity index (χ3n) is 0.520. The minimum absolute atomic E-state index is 0. The van der Waals surface area contributed by atoms with Crippen molar-refractivity contribution in [3.05, 3.63) is 11.8 Å². The molecule has 0 aliphatic carbocycles. The standard InChI is InChI=1S/C5H10Si.2ClH.Zr/c1-3-4-5-6-2;;;/h4-5H,3H2,1-2H3;2*1H;/q;;;+2/p-2/b5-4+;;;. The summed E-state index contributed by atoms with van der Waals surface area (Å²) < 4.78 is 0. The van der Waals surface area contributed by atoms with E-state index in [1.54, 1.807) is 0 Å². The zero-order chi connectivity index (χ0) is 4.83. The van der Waals surface area contributed by atoms with E-state index in [2.05, 4.69) is 25.2 Å². The van der Waals surface area contributed by atoms with Crippen molar-refractivity contribution in [1.82, 2.24) is 0 Å². The van der Waals surface area contributed by atoms with E-state index >= 15 is 0 Å². The van der Waals surface area contributed by atoms with Gasteiger partial charge in [-0.2, -0.15) is 0 Å². The van der Waals surface area contributed by atoms with Gasteiger partial charge in [-0.25, -0.2) is 0 Å². The maximum absolute atomic E-state index is 2.21. The van der Waals surface area contributed by atoms with Gasteiger partial charge < -0.3 is 24.8 Å². The third-order valence-corrected chi connectivity index (χ3v) is 1.09. The van der Waals surface area contributed by atoms with Crippen LogP contribution < -0.4 is 24.8 Å². The van der Waals surface area contributed by atoms with Gasteiger partial charge in [0.2, 0.25) is 0 Å². The van der Waals surface area contributed by atoms with Crippen molar-refractivity contribution >= 4 is 9.52 Å². The zero-order valence-electron chi connectivity index (χ0n) is 5.62. The van der Waals surface area contributed by atoms with Gasteiger partial charge in [-0.15, -0.1) is 5.70 Å². The minimum atomic E-state index is 0. The Bertz CT molecular complexity index is 44.2. The van der Waals surface area contributed by atoms with Gasteiger partial charge in [0.25, 0.3) is 0 Å². The summed E-state index contributed by atoms with van der Waals surface area (Å²) in [5.41, 5.74) is 2.21. The third kappa shape index (κ3) is 26.5. The van der Waals surface area contributed by atoms with Gasteiger partial charge in [0.05, 0.1) is 9.52 Å². The van der Waals surface area contributed by atoms with E-state index in [1.165, 1.54) is 6.42 Å². The van der Waals surface area contributed by atoms with Gasteiger partial charge in [0.1, 0.15) is 0 Å². The van der Waals surface area contributed by atoms with Crippen LogP contribution in [0, 0.1) is 0 Å². The van der Waals surface area contributed by atoms with E-state index in [0.29, 0.717) is 0 Å². The maximum atomic E-state index is 2.21. The minimum Gasteiger partial charge on any atom is -1.00 e. The largest absolute Gasteiger partial charge is 2.00 e. The van der Waals surface area contributed by atoms with Crippen molar-refractivity contribution in [3.8, 4) is 0 Å². The van der Waals surface area contributed by atoms with Gasteiger partial charge in [0, 0.05) is 0 Å². The van der Waals surface area contributed by atoms with Gasteiger partial charge in [-0.3, -0.25) is 0 Å². The summed E-state index contributed by atoms with van der Waals surface area (Å²) >= 11 is 0. The molecule has 52 valence electrons. The quantitative estimate of drug-likeness (QED) is 0.441. The van der Waals surface area contributed by atoms with Crippen molar-refractivity contribution in [2.75, 3.05) is 0 Å². The van der Waals surface area contributed by atoms with E-state index < -0.39 is 0 Å². The second-order valence-corrected chi connectivity index (χ2v) is 2.01. The molecule has 0 spiro atoms. The van der Waals surface area contributed by atoms with Crippen LogP contribution in [-0.2, 0) is 26.2 Å². The fraction of sp³-hybridized carbons (Fsp3) is 0.600. The molecule has 0 aromatic carbocycles. The van der Waals surface area contributed by atoms with Gasteiger partial charge in [-0.1, -0.05) is 19.5 Å². The Morgan fingerprint density at radius 3 is 1.89 bits per heavy atom. The molecule has 0 rings (SSSR count). The SMILES string of the molecule is CC/C=C/[Si]C.[Cl-].[Cl-].[Zr+2]. The predicted molar refractivity (Wildman–Crippen MR) is 31.0 cm³/mol. The Labute approximate surface area is 91.6 Å². The fourth-order valence-corrected chi connectivity index (χ4v) is 0.707. The molecule has 0 bridgehead atoms. The molecule has 4 heteroatoms. The molecule has 0 nitrogen and oxygen atoms in total. The monoisotopic (exact) mass is 258 g/mol. The predicted octanol–water partition coefficient (Wildman–Crippen LogP) is -4.33. The van der Waals surface area contributed by atoms with Crippen molar-refractivity contribution < 1.29 is 51.0 Å². The van der Waals surface area contributed by atoms with Crippen LogP contribution in [0.2, 0.25) is 6.55 Å². The fourth-order valence-electron chi connectivity index (χ4n) is 0.236. The molecule has 9 heavy (non-hydrogen) atoms. The maximum Gasteiger partial charge on any atom is 2.00 e. The molecule has 0 N–H and O–H groups in total. The number of hydrogen-bond acceptors (Lipinski definition) is 0. The van der Waals surface area contributed by atoms with E-state index in [1.807, 2.05) is 0 Å². The number of hydrogen-bond donors (Lipinski definition) is 0. The molecule has 2 radical (unpaired) electrons. The van der Waals surface area contributed by atoms with Gasteiger partial charge in [-0.05, 0) is 6.42 Å². The average Bonchev–Trinajstić information content (AvgIpc) is 1.61. The van der Waals surface area contributed by atoms with E-state index in [9.17, 15) is 0 Å². The van der Waals surface area contributed by atoms with Gasteiger partial charge >= 0.3 is 26.2 Å². The average molecular weight is 260 g/mol. The Morgan fingerprint density at radius 1 is 1.33 bits per heavy atom. The van der Waals surface area contributed by atoms with Crippen molar-refractivity contribution in [2.45, 2.75) is 19.9 Å². The summed E-state index contributed by atoms with van der Waals surface area (Å²) in [4.78, 5) is 0. The summed E-state index contributed by atoms with van der Waals surface area (Å²) in [5, 5.41) is 0. The van der Waals surface area contributed by atoms with Crippen LogP contribution in [0.4, 0.5) is 0 Å². The first-order chi connectivity index (χ1) is 2.91. The zero-order valence-corrected chi connectivity index (χ0v) is 10.6.